The van der Waals surface area contributed by atoms with Crippen LogP contribution in [0.1, 0.15) is 42.5 Å². The van der Waals surface area contributed by atoms with Crippen molar-refractivity contribution in [1.29, 1.82) is 0 Å². The molecule has 25 heavy (non-hydrogen) atoms. The first kappa shape index (κ1) is 18.5. The Hall–Kier alpha value is -2.82. The molecule has 1 saturated carbocycles. The van der Waals surface area contributed by atoms with Crippen molar-refractivity contribution in [1.82, 2.24) is 5.32 Å². The largest absolute Gasteiger partial charge is 0.465 e. The molecule has 2 aromatic carbocycles. The minimum Gasteiger partial charge on any atom is -0.465 e. The first-order valence-corrected chi connectivity index (χ1v) is 8.51. The molecule has 1 aliphatic rings. The summed E-state index contributed by atoms with van der Waals surface area (Å²) in [6, 6.07) is 17.4. The maximum absolute atomic E-state index is 11.0. The van der Waals surface area contributed by atoms with Gasteiger partial charge < -0.3 is 16.2 Å². The van der Waals surface area contributed by atoms with Crippen LogP contribution in [-0.4, -0.2) is 23.1 Å². The van der Waals surface area contributed by atoms with Crippen LogP contribution in [0.25, 0.3) is 11.1 Å². The number of carboxylic acid groups (broad SMARTS) is 1. The number of carbonyl (C=O) groups excluding carboxylic acids is 1. The number of rotatable bonds is 3. The standard InChI is InChI=1S/C13H11NO.C7H13NO2/c14-13(15)12-8-4-7-11(9-12)10-5-2-1-3-6-10;9-7(10)8-6-4-2-1-3-5-6/h1-9H,(H2,14,15);6,8H,1-5H2,(H,9,10). The summed E-state index contributed by atoms with van der Waals surface area (Å²) < 4.78 is 0. The molecule has 0 unspecified atom stereocenters. The van der Waals surface area contributed by atoms with Crippen molar-refractivity contribution in [3.8, 4) is 11.1 Å². The third-order valence-electron chi connectivity index (χ3n) is 4.19. The fourth-order valence-electron chi connectivity index (χ4n) is 2.90. The molecular formula is C20H24N2O3. The fraction of sp³-hybridized carbons (Fsp3) is 0.300. The highest BCUT2D eigenvalue weighted by Gasteiger charge is 2.14. The summed E-state index contributed by atoms with van der Waals surface area (Å²) >= 11 is 0. The van der Waals surface area contributed by atoms with Crippen LogP contribution < -0.4 is 11.1 Å². The number of amides is 2. The minimum absolute atomic E-state index is 0.228. The average Bonchev–Trinajstić information content (AvgIpc) is 2.63. The molecule has 0 spiro atoms. The smallest absolute Gasteiger partial charge is 0.404 e. The molecule has 1 aliphatic carbocycles. The molecule has 0 aromatic heterocycles. The number of hydrogen-bond acceptors (Lipinski definition) is 2. The van der Waals surface area contributed by atoms with E-state index < -0.39 is 12.0 Å². The van der Waals surface area contributed by atoms with Gasteiger partial charge in [0, 0.05) is 11.6 Å². The Bertz CT molecular complexity index is 695. The summed E-state index contributed by atoms with van der Waals surface area (Å²) in [5.74, 6) is -0.396. The fourth-order valence-corrected chi connectivity index (χ4v) is 2.90. The van der Waals surface area contributed by atoms with Gasteiger partial charge in [0.2, 0.25) is 5.91 Å². The molecule has 0 aliphatic heterocycles. The zero-order chi connectivity index (χ0) is 18.1. The van der Waals surface area contributed by atoms with Crippen molar-refractivity contribution in [2.45, 2.75) is 38.1 Å². The van der Waals surface area contributed by atoms with E-state index in [4.69, 9.17) is 10.8 Å². The van der Waals surface area contributed by atoms with Gasteiger partial charge in [0.1, 0.15) is 0 Å². The molecule has 132 valence electrons. The van der Waals surface area contributed by atoms with Gasteiger partial charge in [-0.15, -0.1) is 0 Å². The number of nitrogens with two attached hydrogens (primary N) is 1. The van der Waals surface area contributed by atoms with Crippen molar-refractivity contribution in [3.05, 3.63) is 60.2 Å². The lowest BCUT2D eigenvalue weighted by molar-refractivity contribution is 0.1000. The topological polar surface area (TPSA) is 92.4 Å². The van der Waals surface area contributed by atoms with Crippen molar-refractivity contribution in [2.24, 2.45) is 5.73 Å². The maximum Gasteiger partial charge on any atom is 0.404 e. The first-order valence-electron chi connectivity index (χ1n) is 8.51. The highest BCUT2D eigenvalue weighted by molar-refractivity contribution is 5.94. The molecule has 0 radical (unpaired) electrons. The Morgan fingerprint density at radius 3 is 2.16 bits per heavy atom. The van der Waals surface area contributed by atoms with E-state index >= 15 is 0 Å². The van der Waals surface area contributed by atoms with Crippen molar-refractivity contribution < 1.29 is 14.7 Å². The van der Waals surface area contributed by atoms with Crippen LogP contribution in [-0.2, 0) is 0 Å². The summed E-state index contributed by atoms with van der Waals surface area (Å²) in [6.45, 7) is 0. The quantitative estimate of drug-likeness (QED) is 0.787. The maximum atomic E-state index is 11.0. The zero-order valence-electron chi connectivity index (χ0n) is 14.2. The third kappa shape index (κ3) is 6.30. The van der Waals surface area contributed by atoms with Gasteiger partial charge in [-0.3, -0.25) is 4.79 Å². The van der Waals surface area contributed by atoms with Crippen molar-refractivity contribution >= 4 is 12.0 Å². The highest BCUT2D eigenvalue weighted by atomic mass is 16.4. The Morgan fingerprint density at radius 1 is 0.920 bits per heavy atom. The second-order valence-corrected chi connectivity index (χ2v) is 6.10. The van der Waals surface area contributed by atoms with Crippen molar-refractivity contribution in [3.63, 3.8) is 0 Å². The van der Waals surface area contributed by atoms with Crippen LogP contribution in [0.5, 0.6) is 0 Å². The van der Waals surface area contributed by atoms with Crippen molar-refractivity contribution in [2.75, 3.05) is 0 Å². The molecule has 1 fully saturated rings. The van der Waals surface area contributed by atoms with Crippen LogP contribution in [0.4, 0.5) is 4.79 Å². The SMILES string of the molecule is NC(=O)c1cccc(-c2ccccc2)c1.O=C(O)NC1CCCCC1. The molecule has 2 amide bonds. The Balaban J connectivity index is 0.000000196. The number of benzene rings is 2. The number of carbonyl (C=O) groups is 2. The summed E-state index contributed by atoms with van der Waals surface area (Å²) in [5, 5.41) is 10.9. The Morgan fingerprint density at radius 2 is 1.56 bits per heavy atom. The van der Waals surface area contributed by atoms with Gasteiger partial charge in [-0.05, 0) is 36.1 Å². The van der Waals surface area contributed by atoms with E-state index in [1.807, 2.05) is 42.5 Å². The van der Waals surface area contributed by atoms with Gasteiger partial charge in [0.25, 0.3) is 0 Å². The number of primary amides is 1. The molecule has 4 N–H and O–H groups in total. The molecule has 0 heterocycles. The molecule has 5 heteroatoms. The summed E-state index contributed by atoms with van der Waals surface area (Å²) in [7, 11) is 0. The van der Waals surface area contributed by atoms with Gasteiger partial charge in [-0.2, -0.15) is 0 Å². The van der Waals surface area contributed by atoms with Crippen LogP contribution in [0.15, 0.2) is 54.6 Å². The molecule has 2 aromatic rings. The molecule has 5 nitrogen and oxygen atoms in total. The lowest BCUT2D eigenvalue weighted by Crippen LogP contribution is -2.34. The predicted molar refractivity (Wildman–Crippen MR) is 98.4 cm³/mol. The zero-order valence-corrected chi connectivity index (χ0v) is 14.2. The second-order valence-electron chi connectivity index (χ2n) is 6.10. The van der Waals surface area contributed by atoms with Crippen LogP contribution in [0.2, 0.25) is 0 Å². The van der Waals surface area contributed by atoms with E-state index in [9.17, 15) is 9.59 Å². The van der Waals surface area contributed by atoms with Gasteiger partial charge in [0.15, 0.2) is 0 Å². The van der Waals surface area contributed by atoms with E-state index in [1.165, 1.54) is 19.3 Å². The second kappa shape index (κ2) is 9.47. The van der Waals surface area contributed by atoms with Crippen LogP contribution >= 0.6 is 0 Å². The summed E-state index contributed by atoms with van der Waals surface area (Å²) in [5.41, 5.74) is 7.85. The van der Waals surface area contributed by atoms with Gasteiger partial charge >= 0.3 is 6.09 Å². The average molecular weight is 340 g/mol. The normalized spacial score (nSPS) is 14.1. The number of nitrogens with one attached hydrogen (secondary N) is 1. The monoisotopic (exact) mass is 340 g/mol. The molecule has 0 atom stereocenters. The van der Waals surface area contributed by atoms with Gasteiger partial charge in [-0.25, -0.2) is 4.79 Å². The van der Waals surface area contributed by atoms with Gasteiger partial charge in [0.05, 0.1) is 0 Å². The predicted octanol–water partition coefficient (Wildman–Crippen LogP) is 4.04. The lowest BCUT2D eigenvalue weighted by atomic mass is 9.96. The van der Waals surface area contributed by atoms with Crippen LogP contribution in [0, 0.1) is 0 Å². The van der Waals surface area contributed by atoms with E-state index in [1.54, 1.807) is 12.1 Å². The van der Waals surface area contributed by atoms with E-state index in [0.29, 0.717) is 5.56 Å². The van der Waals surface area contributed by atoms with Crippen LogP contribution in [0.3, 0.4) is 0 Å². The number of hydrogen-bond donors (Lipinski definition) is 3. The Labute approximate surface area is 147 Å². The molecule has 0 bridgehead atoms. The first-order chi connectivity index (χ1) is 12.1. The van der Waals surface area contributed by atoms with E-state index in [2.05, 4.69) is 5.32 Å². The van der Waals surface area contributed by atoms with Gasteiger partial charge in [-0.1, -0.05) is 61.7 Å². The molecule has 3 rings (SSSR count). The molecular weight excluding hydrogens is 316 g/mol. The highest BCUT2D eigenvalue weighted by Crippen LogP contribution is 2.19. The third-order valence-corrected chi connectivity index (χ3v) is 4.19. The van der Waals surface area contributed by atoms with E-state index in [0.717, 1.165) is 24.0 Å². The Kier molecular flexibility index (Phi) is 7.01. The summed E-state index contributed by atoms with van der Waals surface area (Å²) in [4.78, 5) is 21.2. The lowest BCUT2D eigenvalue weighted by Gasteiger charge is -2.20. The molecule has 0 saturated heterocycles. The minimum atomic E-state index is -0.882. The van der Waals surface area contributed by atoms with E-state index in [-0.39, 0.29) is 6.04 Å². The summed E-state index contributed by atoms with van der Waals surface area (Å²) in [6.07, 6.45) is 4.76.